The number of aryl methyl sites for hydroxylation is 2. The molecule has 3 heterocycles. The van der Waals surface area contributed by atoms with Gasteiger partial charge in [0.25, 0.3) is 5.56 Å². The summed E-state index contributed by atoms with van der Waals surface area (Å²) >= 11 is 3.53. The Balaban J connectivity index is 1.64. The minimum absolute atomic E-state index is 0.00980. The Labute approximate surface area is 208 Å². The summed E-state index contributed by atoms with van der Waals surface area (Å²) in [5, 5.41) is 10.8. The van der Waals surface area contributed by atoms with Gasteiger partial charge in [-0.2, -0.15) is 0 Å². The van der Waals surface area contributed by atoms with Gasteiger partial charge in [-0.25, -0.2) is 8.97 Å². The lowest BCUT2D eigenvalue weighted by Gasteiger charge is -2.11. The van der Waals surface area contributed by atoms with Crippen molar-refractivity contribution in [3.63, 3.8) is 0 Å². The molecule has 8 heteroatoms. The summed E-state index contributed by atoms with van der Waals surface area (Å²) in [4.78, 5) is 16.3. The third kappa shape index (κ3) is 4.38. The van der Waals surface area contributed by atoms with Crippen LogP contribution in [0.3, 0.4) is 0 Å². The second-order valence-electron chi connectivity index (χ2n) is 8.96. The molecular weight excluding hydrogens is 464 g/mol. The van der Waals surface area contributed by atoms with E-state index >= 15 is 0 Å². The first-order valence-electron chi connectivity index (χ1n) is 12.4. The van der Waals surface area contributed by atoms with Gasteiger partial charge in [0, 0.05) is 10.6 Å². The maximum Gasteiger partial charge on any atom is 0.268 e. The van der Waals surface area contributed by atoms with E-state index < -0.39 is 0 Å². The van der Waals surface area contributed by atoms with Gasteiger partial charge in [0.2, 0.25) is 5.78 Å². The van der Waals surface area contributed by atoms with Crippen LogP contribution >= 0.6 is 23.1 Å². The van der Waals surface area contributed by atoms with Crippen molar-refractivity contribution in [2.45, 2.75) is 76.3 Å². The van der Waals surface area contributed by atoms with Crippen LogP contribution in [0.5, 0.6) is 5.75 Å². The van der Waals surface area contributed by atoms with Crippen molar-refractivity contribution in [3.8, 4) is 11.4 Å². The number of thiophene rings is 1. The van der Waals surface area contributed by atoms with Gasteiger partial charge in [0.1, 0.15) is 10.6 Å². The molecule has 0 unspecified atom stereocenters. The summed E-state index contributed by atoms with van der Waals surface area (Å²) in [5.74, 6) is 2.37. The number of ether oxygens (including phenoxy) is 1. The Morgan fingerprint density at radius 2 is 1.82 bits per heavy atom. The zero-order valence-electron chi connectivity index (χ0n) is 20.0. The first-order valence-corrected chi connectivity index (χ1v) is 14.2. The molecule has 0 saturated heterocycles. The quantitative estimate of drug-likeness (QED) is 0.152. The molecule has 0 atom stereocenters. The summed E-state index contributed by atoms with van der Waals surface area (Å²) in [6.45, 7) is 2.24. The number of methoxy groups -OCH3 is 1. The van der Waals surface area contributed by atoms with E-state index in [4.69, 9.17) is 4.74 Å². The number of rotatable bonds is 9. The van der Waals surface area contributed by atoms with E-state index in [1.165, 1.54) is 55.4 Å². The second-order valence-corrected chi connectivity index (χ2v) is 11.1. The first-order chi connectivity index (χ1) is 16.7. The van der Waals surface area contributed by atoms with Crippen LogP contribution in [0.15, 0.2) is 34.2 Å². The lowest BCUT2D eigenvalue weighted by molar-refractivity contribution is 0.414. The van der Waals surface area contributed by atoms with Crippen LogP contribution in [0.4, 0.5) is 0 Å². The van der Waals surface area contributed by atoms with Gasteiger partial charge in [-0.05, 0) is 61.9 Å². The van der Waals surface area contributed by atoms with Crippen LogP contribution in [-0.4, -0.2) is 32.0 Å². The molecule has 1 aromatic carbocycles. The van der Waals surface area contributed by atoms with Crippen molar-refractivity contribution in [3.05, 3.63) is 45.1 Å². The van der Waals surface area contributed by atoms with Crippen LogP contribution < -0.4 is 10.3 Å². The van der Waals surface area contributed by atoms with Crippen molar-refractivity contribution in [2.75, 3.05) is 12.9 Å². The molecule has 1 aliphatic carbocycles. The largest absolute Gasteiger partial charge is 0.497 e. The predicted octanol–water partition coefficient (Wildman–Crippen LogP) is 6.43. The lowest BCUT2D eigenvalue weighted by atomic mass is 10.1. The zero-order chi connectivity index (χ0) is 23.5. The van der Waals surface area contributed by atoms with Crippen LogP contribution in [0.1, 0.15) is 68.7 Å². The van der Waals surface area contributed by atoms with Gasteiger partial charge < -0.3 is 4.74 Å². The first kappa shape index (κ1) is 23.4. The molecular formula is C26H32N4O2S2. The average molecular weight is 497 g/mol. The summed E-state index contributed by atoms with van der Waals surface area (Å²) in [6.07, 6.45) is 11.8. The summed E-state index contributed by atoms with van der Waals surface area (Å²) in [5.41, 5.74) is 2.04. The number of fused-ring (bicyclic) bond motifs is 5. The van der Waals surface area contributed by atoms with Gasteiger partial charge in [-0.1, -0.05) is 50.8 Å². The Hall–Kier alpha value is -2.32. The Morgan fingerprint density at radius 3 is 2.62 bits per heavy atom. The lowest BCUT2D eigenvalue weighted by Crippen LogP contribution is -2.22. The van der Waals surface area contributed by atoms with Crippen LogP contribution in [0, 0.1) is 0 Å². The number of nitrogens with zero attached hydrogens (tertiary/aromatic N) is 4. The SMILES string of the molecule is CCCCCCCSc1nnc2n(-c3ccc(OC)cc3)c(=O)c3c4c(sc3n12)CCCCC4. The monoisotopic (exact) mass is 496 g/mol. The fraction of sp³-hybridized carbons (Fsp3) is 0.500. The van der Waals surface area contributed by atoms with Crippen molar-refractivity contribution < 1.29 is 4.74 Å². The molecule has 0 N–H and O–H groups in total. The number of benzene rings is 1. The van der Waals surface area contributed by atoms with Crippen LogP contribution in [0.25, 0.3) is 21.7 Å². The standard InChI is InChI=1S/C26H32N4O2S2/c1-3-4-5-6-10-17-33-26-28-27-25-29(18-13-15-19(32-2)16-14-18)23(31)22-20-11-8-7-9-12-21(20)34-24(22)30(25)26/h13-16H,3-12,17H2,1-2H3. The minimum atomic E-state index is 0.00980. The molecule has 4 aromatic rings. The molecule has 3 aromatic heterocycles. The fourth-order valence-electron chi connectivity index (χ4n) is 4.82. The Bertz CT molecular complexity index is 1340. The number of hydrogen-bond donors (Lipinski definition) is 0. The highest BCUT2D eigenvalue weighted by atomic mass is 32.2. The number of unbranched alkanes of at least 4 members (excludes halogenated alkanes) is 4. The van der Waals surface area contributed by atoms with E-state index in [9.17, 15) is 4.79 Å². The average Bonchev–Trinajstić information content (AvgIpc) is 3.35. The molecule has 0 bridgehead atoms. The topological polar surface area (TPSA) is 61.4 Å². The molecule has 34 heavy (non-hydrogen) atoms. The molecule has 6 nitrogen and oxygen atoms in total. The van der Waals surface area contributed by atoms with Crippen molar-refractivity contribution in [2.24, 2.45) is 0 Å². The molecule has 0 fully saturated rings. The van der Waals surface area contributed by atoms with E-state index in [2.05, 4.69) is 21.5 Å². The maximum absolute atomic E-state index is 14.0. The highest BCUT2D eigenvalue weighted by Gasteiger charge is 2.25. The number of thioether (sulfide) groups is 1. The third-order valence-corrected chi connectivity index (χ3v) is 8.94. The normalized spacial score (nSPS) is 13.9. The number of aromatic nitrogens is 4. The highest BCUT2D eigenvalue weighted by molar-refractivity contribution is 7.99. The molecule has 0 amide bonds. The second kappa shape index (κ2) is 10.5. The third-order valence-electron chi connectivity index (χ3n) is 6.65. The maximum atomic E-state index is 14.0. The molecule has 0 aliphatic heterocycles. The van der Waals surface area contributed by atoms with Crippen molar-refractivity contribution >= 4 is 39.1 Å². The highest BCUT2D eigenvalue weighted by Crippen LogP contribution is 2.36. The smallest absolute Gasteiger partial charge is 0.268 e. The van der Waals surface area contributed by atoms with Gasteiger partial charge in [0.05, 0.1) is 18.2 Å². The van der Waals surface area contributed by atoms with Crippen molar-refractivity contribution in [1.29, 1.82) is 0 Å². The van der Waals surface area contributed by atoms with Gasteiger partial charge in [-0.3, -0.25) is 4.79 Å². The number of hydrogen-bond acceptors (Lipinski definition) is 6. The van der Waals surface area contributed by atoms with E-state index in [0.717, 1.165) is 51.8 Å². The summed E-state index contributed by atoms with van der Waals surface area (Å²) in [6, 6.07) is 7.62. The molecule has 0 spiro atoms. The minimum Gasteiger partial charge on any atom is -0.497 e. The Morgan fingerprint density at radius 1 is 1.03 bits per heavy atom. The fourth-order valence-corrected chi connectivity index (χ4v) is 7.19. The molecule has 1 aliphatic rings. The van der Waals surface area contributed by atoms with E-state index in [1.807, 2.05) is 24.3 Å². The molecule has 5 rings (SSSR count). The predicted molar refractivity (Wildman–Crippen MR) is 141 cm³/mol. The van der Waals surface area contributed by atoms with E-state index in [0.29, 0.717) is 5.78 Å². The zero-order valence-corrected chi connectivity index (χ0v) is 21.6. The molecule has 0 radical (unpaired) electrons. The van der Waals surface area contributed by atoms with Crippen LogP contribution in [-0.2, 0) is 12.8 Å². The summed E-state index contributed by atoms with van der Waals surface area (Å²) in [7, 11) is 1.65. The van der Waals surface area contributed by atoms with E-state index in [-0.39, 0.29) is 5.56 Å². The van der Waals surface area contributed by atoms with Gasteiger partial charge in [0.15, 0.2) is 5.16 Å². The molecule has 180 valence electrons. The van der Waals surface area contributed by atoms with Crippen LogP contribution in [0.2, 0.25) is 0 Å². The molecule has 0 saturated carbocycles. The summed E-state index contributed by atoms with van der Waals surface area (Å²) < 4.78 is 9.20. The van der Waals surface area contributed by atoms with Crippen molar-refractivity contribution in [1.82, 2.24) is 19.2 Å². The Kier molecular flexibility index (Phi) is 7.25. The van der Waals surface area contributed by atoms with Gasteiger partial charge in [-0.15, -0.1) is 21.5 Å². The van der Waals surface area contributed by atoms with Gasteiger partial charge >= 0.3 is 0 Å². The van der Waals surface area contributed by atoms with E-state index in [1.54, 1.807) is 34.8 Å².